The molecule has 110 valence electrons. The van der Waals surface area contributed by atoms with E-state index in [-0.39, 0.29) is 17.8 Å². The Morgan fingerprint density at radius 3 is 2.55 bits per heavy atom. The third-order valence-corrected chi connectivity index (χ3v) is 4.79. The number of ether oxygens (including phenoxy) is 1. The molecular formula is C15H21NO3S. The van der Waals surface area contributed by atoms with E-state index >= 15 is 0 Å². The molecule has 1 N–H and O–H groups in total. The van der Waals surface area contributed by atoms with Gasteiger partial charge in [-0.25, -0.2) is 4.79 Å². The minimum Gasteiger partial charge on any atom is -0.462 e. The van der Waals surface area contributed by atoms with Crippen LogP contribution in [-0.2, 0) is 16.0 Å². The molecule has 1 aromatic rings. The summed E-state index contributed by atoms with van der Waals surface area (Å²) in [4.78, 5) is 25.3. The molecule has 2 rings (SSSR count). The molecule has 1 saturated carbocycles. The summed E-state index contributed by atoms with van der Waals surface area (Å²) >= 11 is 1.46. The van der Waals surface area contributed by atoms with Gasteiger partial charge in [-0.3, -0.25) is 4.79 Å². The predicted octanol–water partition coefficient (Wildman–Crippen LogP) is 3.39. The summed E-state index contributed by atoms with van der Waals surface area (Å²) in [5.74, 6) is 0.227. The Labute approximate surface area is 123 Å². The van der Waals surface area contributed by atoms with Crippen molar-refractivity contribution in [3.63, 3.8) is 0 Å². The number of esters is 1. The minimum atomic E-state index is -0.340. The number of hydrogen-bond donors (Lipinski definition) is 1. The lowest BCUT2D eigenvalue weighted by Crippen LogP contribution is -2.17. The van der Waals surface area contributed by atoms with Crippen LogP contribution in [0.1, 0.15) is 48.0 Å². The number of carbonyl (C=O) groups is 2. The Balaban J connectivity index is 2.27. The van der Waals surface area contributed by atoms with E-state index in [0.717, 1.165) is 23.3 Å². The normalized spacial score (nSPS) is 20.6. The lowest BCUT2D eigenvalue weighted by atomic mass is 10.1. The zero-order valence-electron chi connectivity index (χ0n) is 12.4. The predicted molar refractivity (Wildman–Crippen MR) is 80.3 cm³/mol. The molecule has 1 aromatic heterocycles. The van der Waals surface area contributed by atoms with Crippen LogP contribution >= 0.6 is 11.3 Å². The quantitative estimate of drug-likeness (QED) is 0.847. The average molecular weight is 295 g/mol. The van der Waals surface area contributed by atoms with E-state index < -0.39 is 0 Å². The Kier molecular flexibility index (Phi) is 4.48. The topological polar surface area (TPSA) is 55.4 Å². The van der Waals surface area contributed by atoms with Crippen molar-refractivity contribution in [1.82, 2.24) is 0 Å². The van der Waals surface area contributed by atoms with Gasteiger partial charge in [0.2, 0.25) is 5.91 Å². The van der Waals surface area contributed by atoms with E-state index in [1.165, 1.54) is 11.3 Å². The van der Waals surface area contributed by atoms with Crippen molar-refractivity contribution in [1.29, 1.82) is 0 Å². The van der Waals surface area contributed by atoms with Gasteiger partial charge in [0.15, 0.2) is 0 Å². The first kappa shape index (κ1) is 15.0. The highest BCUT2D eigenvalue weighted by Crippen LogP contribution is 2.40. The molecule has 0 aliphatic heterocycles. The van der Waals surface area contributed by atoms with Gasteiger partial charge in [-0.1, -0.05) is 13.8 Å². The van der Waals surface area contributed by atoms with Crippen LogP contribution in [0.15, 0.2) is 0 Å². The monoisotopic (exact) mass is 295 g/mol. The molecule has 1 fully saturated rings. The first-order chi connectivity index (χ1) is 9.49. The third kappa shape index (κ3) is 2.87. The van der Waals surface area contributed by atoms with Crippen molar-refractivity contribution >= 4 is 28.2 Å². The fourth-order valence-corrected chi connectivity index (χ4v) is 3.54. The third-order valence-electron chi connectivity index (χ3n) is 3.73. The second kappa shape index (κ2) is 5.95. The fraction of sp³-hybridized carbons (Fsp3) is 0.600. The van der Waals surface area contributed by atoms with E-state index in [9.17, 15) is 9.59 Å². The summed E-state index contributed by atoms with van der Waals surface area (Å²) in [6, 6.07) is 0. The molecule has 1 aliphatic rings. The van der Waals surface area contributed by atoms with E-state index in [1.807, 2.05) is 13.8 Å². The molecular weight excluding hydrogens is 274 g/mol. The lowest BCUT2D eigenvalue weighted by molar-refractivity contribution is -0.117. The Bertz CT molecular complexity index is 535. The molecule has 4 nitrogen and oxygen atoms in total. The number of hydrogen-bond acceptors (Lipinski definition) is 4. The minimum absolute atomic E-state index is 0.0203. The van der Waals surface area contributed by atoms with E-state index in [4.69, 9.17) is 4.74 Å². The largest absolute Gasteiger partial charge is 0.462 e. The molecule has 0 radical (unpaired) electrons. The lowest BCUT2D eigenvalue weighted by Gasteiger charge is -2.07. The first-order valence-electron chi connectivity index (χ1n) is 7.09. The number of carbonyl (C=O) groups excluding carboxylic acids is 2. The number of amides is 1. The van der Waals surface area contributed by atoms with Gasteiger partial charge in [0, 0.05) is 10.8 Å². The van der Waals surface area contributed by atoms with Gasteiger partial charge in [0.05, 0.1) is 12.2 Å². The fourth-order valence-electron chi connectivity index (χ4n) is 2.40. The summed E-state index contributed by atoms with van der Waals surface area (Å²) < 4.78 is 5.12. The number of anilines is 1. The van der Waals surface area contributed by atoms with Crippen molar-refractivity contribution in [2.45, 2.75) is 40.5 Å². The van der Waals surface area contributed by atoms with Gasteiger partial charge < -0.3 is 10.1 Å². The Hall–Kier alpha value is -1.36. The number of rotatable bonds is 5. The molecule has 5 heteroatoms. The van der Waals surface area contributed by atoms with Crippen molar-refractivity contribution in [2.75, 3.05) is 11.9 Å². The summed E-state index contributed by atoms with van der Waals surface area (Å²) in [5, 5.41) is 3.56. The summed E-state index contributed by atoms with van der Waals surface area (Å²) in [6.07, 6.45) is 1.69. The van der Waals surface area contributed by atoms with Gasteiger partial charge in [-0.05, 0) is 38.2 Å². The van der Waals surface area contributed by atoms with Crippen LogP contribution in [0.4, 0.5) is 5.00 Å². The number of nitrogens with one attached hydrogen (secondary N) is 1. The van der Waals surface area contributed by atoms with E-state index in [2.05, 4.69) is 12.2 Å². The molecule has 0 unspecified atom stereocenters. The second-order valence-corrected chi connectivity index (χ2v) is 6.45. The molecule has 1 heterocycles. The standard InChI is InChI=1S/C15H21NO3S/c1-5-10-9(4)20-14(12(10)15(18)19-6-2)16-13(17)11-7-8(11)3/h8,11H,5-7H2,1-4H3,(H,16,17)/t8-,11-/m1/s1. The van der Waals surface area contributed by atoms with Crippen molar-refractivity contribution < 1.29 is 14.3 Å². The highest BCUT2D eigenvalue weighted by Gasteiger charge is 2.39. The molecule has 2 atom stereocenters. The van der Waals surface area contributed by atoms with Gasteiger partial charge in [-0.15, -0.1) is 11.3 Å². The van der Waals surface area contributed by atoms with Crippen molar-refractivity contribution in [3.8, 4) is 0 Å². The summed E-state index contributed by atoms with van der Waals surface area (Å²) in [6.45, 7) is 8.17. The van der Waals surface area contributed by atoms with Gasteiger partial charge >= 0.3 is 5.97 Å². The van der Waals surface area contributed by atoms with Crippen LogP contribution in [0, 0.1) is 18.8 Å². The zero-order chi connectivity index (χ0) is 14.9. The molecule has 20 heavy (non-hydrogen) atoms. The van der Waals surface area contributed by atoms with Gasteiger partial charge in [-0.2, -0.15) is 0 Å². The van der Waals surface area contributed by atoms with Gasteiger partial charge in [0.25, 0.3) is 0 Å². The molecule has 1 aliphatic carbocycles. The molecule has 1 amide bonds. The zero-order valence-corrected chi connectivity index (χ0v) is 13.2. The van der Waals surface area contributed by atoms with E-state index in [0.29, 0.717) is 23.1 Å². The first-order valence-corrected chi connectivity index (χ1v) is 7.91. The van der Waals surface area contributed by atoms with Crippen LogP contribution < -0.4 is 5.32 Å². The average Bonchev–Trinajstić information content (AvgIpc) is 3.03. The van der Waals surface area contributed by atoms with Crippen LogP contribution in [0.2, 0.25) is 0 Å². The Morgan fingerprint density at radius 2 is 2.05 bits per heavy atom. The smallest absolute Gasteiger partial charge is 0.341 e. The maximum absolute atomic E-state index is 12.1. The van der Waals surface area contributed by atoms with Crippen molar-refractivity contribution in [3.05, 3.63) is 16.0 Å². The number of thiophene rings is 1. The maximum Gasteiger partial charge on any atom is 0.341 e. The SMILES string of the molecule is CCOC(=O)c1c(NC(=O)[C@@H]2C[C@H]2C)sc(C)c1CC. The van der Waals surface area contributed by atoms with Crippen molar-refractivity contribution in [2.24, 2.45) is 11.8 Å². The molecule has 0 saturated heterocycles. The summed E-state index contributed by atoms with van der Waals surface area (Å²) in [5.41, 5.74) is 1.52. The Morgan fingerprint density at radius 1 is 1.40 bits per heavy atom. The molecule has 0 spiro atoms. The maximum atomic E-state index is 12.1. The highest BCUT2D eigenvalue weighted by molar-refractivity contribution is 7.16. The molecule has 0 aromatic carbocycles. The highest BCUT2D eigenvalue weighted by atomic mass is 32.1. The second-order valence-electron chi connectivity index (χ2n) is 5.22. The van der Waals surface area contributed by atoms with Crippen LogP contribution in [-0.4, -0.2) is 18.5 Å². The van der Waals surface area contributed by atoms with Crippen LogP contribution in [0.3, 0.4) is 0 Å². The van der Waals surface area contributed by atoms with Crippen LogP contribution in [0.5, 0.6) is 0 Å². The molecule has 0 bridgehead atoms. The van der Waals surface area contributed by atoms with E-state index in [1.54, 1.807) is 6.92 Å². The number of aryl methyl sites for hydroxylation is 1. The van der Waals surface area contributed by atoms with Crippen LogP contribution in [0.25, 0.3) is 0 Å². The summed E-state index contributed by atoms with van der Waals surface area (Å²) in [7, 11) is 0. The van der Waals surface area contributed by atoms with Gasteiger partial charge in [0.1, 0.15) is 5.00 Å².